The highest BCUT2D eigenvalue weighted by Gasteiger charge is 2.49. The predicted molar refractivity (Wildman–Crippen MR) is 104 cm³/mol. The Hall–Kier alpha value is -2.86. The zero-order chi connectivity index (χ0) is 20.1. The van der Waals surface area contributed by atoms with Crippen molar-refractivity contribution in [3.63, 3.8) is 0 Å². The van der Waals surface area contributed by atoms with E-state index in [-0.39, 0.29) is 31.4 Å². The molecule has 1 fully saturated rings. The Morgan fingerprint density at radius 3 is 2.43 bits per heavy atom. The number of benzene rings is 2. The lowest BCUT2D eigenvalue weighted by Gasteiger charge is -2.42. The number of aliphatic hydroxyl groups is 1. The number of Topliss-reactive ketones (excluding diaryl/α,β-unsaturated/α-hetero) is 1. The molecule has 1 saturated heterocycles. The summed E-state index contributed by atoms with van der Waals surface area (Å²) >= 11 is 0. The summed E-state index contributed by atoms with van der Waals surface area (Å²) in [7, 11) is 1.59. The average molecular weight is 383 g/mol. The Morgan fingerprint density at radius 2 is 1.82 bits per heavy atom. The van der Waals surface area contributed by atoms with E-state index in [2.05, 4.69) is 0 Å². The number of methoxy groups -OCH3 is 1. The molecule has 1 aliphatic rings. The van der Waals surface area contributed by atoms with Gasteiger partial charge in [-0.1, -0.05) is 42.5 Å². The van der Waals surface area contributed by atoms with Gasteiger partial charge in [0.15, 0.2) is 5.60 Å². The fraction of sp³-hybridized carbons (Fsp3) is 0.364. The number of carbonyl (C=O) groups is 2. The quantitative estimate of drug-likeness (QED) is 0.793. The van der Waals surface area contributed by atoms with Crippen molar-refractivity contribution in [2.75, 3.05) is 20.3 Å². The summed E-state index contributed by atoms with van der Waals surface area (Å²) < 4.78 is 10.9. The molecule has 148 valence electrons. The molecule has 0 aliphatic carbocycles. The molecular formula is C22H25NO5. The van der Waals surface area contributed by atoms with Crippen LogP contribution in [0.25, 0.3) is 0 Å². The number of rotatable bonds is 7. The molecule has 0 spiro atoms. The number of aliphatic hydroxyl groups excluding tert-OH is 1. The van der Waals surface area contributed by atoms with Crippen LogP contribution in [-0.2, 0) is 15.1 Å². The molecule has 28 heavy (non-hydrogen) atoms. The van der Waals surface area contributed by atoms with Crippen LogP contribution in [0.4, 0.5) is 4.79 Å². The minimum Gasteiger partial charge on any atom is -0.497 e. The first-order chi connectivity index (χ1) is 13.5. The largest absolute Gasteiger partial charge is 0.497 e. The molecule has 0 bridgehead atoms. The Balaban J connectivity index is 1.87. The first-order valence-corrected chi connectivity index (χ1v) is 9.35. The molecule has 3 rings (SSSR count). The van der Waals surface area contributed by atoms with Crippen LogP contribution in [0.15, 0.2) is 54.6 Å². The molecule has 6 nitrogen and oxygen atoms in total. The third-order valence-electron chi connectivity index (χ3n) is 5.25. The molecule has 0 radical (unpaired) electrons. The van der Waals surface area contributed by atoms with Crippen molar-refractivity contribution in [3.05, 3.63) is 65.7 Å². The van der Waals surface area contributed by atoms with Gasteiger partial charge in [-0.3, -0.25) is 9.69 Å². The standard InChI is InChI=1S/C22H25NO5/c1-16(17-9-11-19(27-2)12-10-17)23-15-20(25)22(13-6-14-24,28-21(23)26)18-7-4-3-5-8-18/h3-5,7-12,16,24H,6,13-15H2,1-2H3/t16-,22+/m0/s1. The number of ether oxygens (including phenoxy) is 2. The topological polar surface area (TPSA) is 76.1 Å². The van der Waals surface area contributed by atoms with Crippen LogP contribution < -0.4 is 4.74 Å². The van der Waals surface area contributed by atoms with Crippen LogP contribution in [0.1, 0.15) is 36.9 Å². The molecule has 0 unspecified atom stereocenters. The van der Waals surface area contributed by atoms with Gasteiger partial charge in [0.2, 0.25) is 5.78 Å². The van der Waals surface area contributed by atoms with Crippen LogP contribution >= 0.6 is 0 Å². The van der Waals surface area contributed by atoms with E-state index in [1.807, 2.05) is 49.4 Å². The Morgan fingerprint density at radius 1 is 1.14 bits per heavy atom. The first-order valence-electron chi connectivity index (χ1n) is 9.35. The van der Waals surface area contributed by atoms with Gasteiger partial charge in [-0.2, -0.15) is 0 Å². The minimum atomic E-state index is -1.35. The summed E-state index contributed by atoms with van der Waals surface area (Å²) in [6.07, 6.45) is 0.0786. The van der Waals surface area contributed by atoms with Crippen molar-refractivity contribution >= 4 is 11.9 Å². The molecule has 2 aromatic rings. The van der Waals surface area contributed by atoms with Gasteiger partial charge in [-0.25, -0.2) is 4.79 Å². The summed E-state index contributed by atoms with van der Waals surface area (Å²) in [6.45, 7) is 1.73. The molecule has 1 N–H and O–H groups in total. The monoisotopic (exact) mass is 383 g/mol. The highest BCUT2D eigenvalue weighted by atomic mass is 16.6. The minimum absolute atomic E-state index is 0.0493. The average Bonchev–Trinajstić information content (AvgIpc) is 2.74. The summed E-state index contributed by atoms with van der Waals surface area (Å²) in [5, 5.41) is 9.27. The highest BCUT2D eigenvalue weighted by Crippen LogP contribution is 2.38. The first kappa shape index (κ1) is 19.9. The maximum atomic E-state index is 13.2. The fourth-order valence-corrected chi connectivity index (χ4v) is 3.56. The van der Waals surface area contributed by atoms with Gasteiger partial charge < -0.3 is 14.6 Å². The van der Waals surface area contributed by atoms with Crippen LogP contribution in [-0.4, -0.2) is 42.1 Å². The van der Waals surface area contributed by atoms with Crippen LogP contribution in [0.5, 0.6) is 5.75 Å². The number of hydrogen-bond acceptors (Lipinski definition) is 5. The lowest BCUT2D eigenvalue weighted by molar-refractivity contribution is -0.150. The second kappa shape index (κ2) is 8.44. The smallest absolute Gasteiger partial charge is 0.412 e. The van der Waals surface area contributed by atoms with Crippen molar-refractivity contribution in [1.82, 2.24) is 4.90 Å². The molecule has 0 saturated carbocycles. The number of cyclic esters (lactones) is 1. The van der Waals surface area contributed by atoms with E-state index in [9.17, 15) is 14.7 Å². The van der Waals surface area contributed by atoms with Gasteiger partial charge in [0.1, 0.15) is 5.75 Å². The van der Waals surface area contributed by atoms with Crippen LogP contribution in [0.2, 0.25) is 0 Å². The van der Waals surface area contributed by atoms with Gasteiger partial charge in [-0.05, 0) is 31.0 Å². The summed E-state index contributed by atoms with van der Waals surface area (Å²) in [6, 6.07) is 16.1. The summed E-state index contributed by atoms with van der Waals surface area (Å²) in [5.74, 6) is 0.535. The fourth-order valence-electron chi connectivity index (χ4n) is 3.56. The van der Waals surface area contributed by atoms with Crippen molar-refractivity contribution in [1.29, 1.82) is 0 Å². The molecule has 1 aliphatic heterocycles. The SMILES string of the molecule is COc1ccc([C@H](C)N2CC(=O)[C@@](CCCO)(c3ccccc3)OC2=O)cc1. The van der Waals surface area contributed by atoms with E-state index in [0.717, 1.165) is 11.3 Å². The number of nitrogens with zero attached hydrogens (tertiary/aromatic N) is 1. The second-order valence-corrected chi connectivity index (χ2v) is 6.89. The maximum absolute atomic E-state index is 13.2. The predicted octanol–water partition coefficient (Wildman–Crippen LogP) is 3.45. The number of carbonyl (C=O) groups excluding carboxylic acids is 2. The van der Waals surface area contributed by atoms with Gasteiger partial charge in [-0.15, -0.1) is 0 Å². The van der Waals surface area contributed by atoms with Crippen LogP contribution in [0.3, 0.4) is 0 Å². The highest BCUT2D eigenvalue weighted by molar-refractivity contribution is 5.96. The summed E-state index contributed by atoms with van der Waals surface area (Å²) in [4.78, 5) is 27.5. The van der Waals surface area contributed by atoms with E-state index in [4.69, 9.17) is 9.47 Å². The molecule has 1 heterocycles. The zero-order valence-electron chi connectivity index (χ0n) is 16.1. The van der Waals surface area contributed by atoms with Crippen molar-refractivity contribution in [2.45, 2.75) is 31.4 Å². The molecule has 0 aromatic heterocycles. The van der Waals surface area contributed by atoms with Crippen molar-refractivity contribution in [2.24, 2.45) is 0 Å². The van der Waals surface area contributed by atoms with Crippen LogP contribution in [0, 0.1) is 0 Å². The maximum Gasteiger partial charge on any atom is 0.412 e. The Kier molecular flexibility index (Phi) is 5.99. The van der Waals surface area contributed by atoms with Crippen molar-refractivity contribution < 1.29 is 24.2 Å². The second-order valence-electron chi connectivity index (χ2n) is 6.89. The molecule has 1 amide bonds. The number of amides is 1. The lowest BCUT2D eigenvalue weighted by Crippen LogP contribution is -2.55. The Bertz CT molecular complexity index is 821. The molecular weight excluding hydrogens is 358 g/mol. The van der Waals surface area contributed by atoms with Gasteiger partial charge in [0, 0.05) is 18.6 Å². The van der Waals surface area contributed by atoms with E-state index in [0.29, 0.717) is 12.0 Å². The van der Waals surface area contributed by atoms with Gasteiger partial charge >= 0.3 is 6.09 Å². The third kappa shape index (κ3) is 3.73. The molecule has 6 heteroatoms. The molecule has 2 aromatic carbocycles. The third-order valence-corrected chi connectivity index (χ3v) is 5.25. The van der Waals surface area contributed by atoms with Crippen molar-refractivity contribution in [3.8, 4) is 5.75 Å². The lowest BCUT2D eigenvalue weighted by atomic mass is 9.83. The van der Waals surface area contributed by atoms with E-state index < -0.39 is 11.7 Å². The number of ketones is 1. The van der Waals surface area contributed by atoms with E-state index in [1.165, 1.54) is 4.90 Å². The van der Waals surface area contributed by atoms with E-state index >= 15 is 0 Å². The van der Waals surface area contributed by atoms with Gasteiger partial charge in [0.25, 0.3) is 0 Å². The summed E-state index contributed by atoms with van der Waals surface area (Å²) in [5.41, 5.74) is 0.170. The molecule has 2 atom stereocenters. The van der Waals surface area contributed by atoms with Gasteiger partial charge in [0.05, 0.1) is 19.7 Å². The Labute approximate surface area is 164 Å². The number of hydrogen-bond donors (Lipinski definition) is 1. The van der Waals surface area contributed by atoms with E-state index in [1.54, 1.807) is 19.2 Å². The normalized spacial score (nSPS) is 20.6. The zero-order valence-corrected chi connectivity index (χ0v) is 16.1.